The standard InChI is InChI=1S/C14H13BrClNO2S/c1-8-11(15)7-12(20-8)13(14(18)19-2)17-10-5-3-9(16)4-6-10/h3-7,13,17H,1-2H3. The number of rotatable bonds is 4. The Morgan fingerprint density at radius 3 is 2.55 bits per heavy atom. The zero-order valence-electron chi connectivity index (χ0n) is 10.9. The van der Waals surface area contributed by atoms with Gasteiger partial charge in [0.15, 0.2) is 6.04 Å². The minimum absolute atomic E-state index is 0.325. The number of hydrogen-bond donors (Lipinski definition) is 1. The monoisotopic (exact) mass is 373 g/mol. The van der Waals surface area contributed by atoms with E-state index in [2.05, 4.69) is 21.2 Å². The van der Waals surface area contributed by atoms with Gasteiger partial charge in [0.05, 0.1) is 7.11 Å². The molecular weight excluding hydrogens is 362 g/mol. The van der Waals surface area contributed by atoms with Crippen LogP contribution in [0.15, 0.2) is 34.8 Å². The third-order valence-corrected chi connectivity index (χ3v) is 5.21. The molecule has 0 bridgehead atoms. The molecule has 0 aliphatic heterocycles. The fourth-order valence-corrected chi connectivity index (χ4v) is 3.43. The van der Waals surface area contributed by atoms with Gasteiger partial charge in [-0.1, -0.05) is 11.6 Å². The van der Waals surface area contributed by atoms with Gasteiger partial charge in [0.25, 0.3) is 0 Å². The average molecular weight is 375 g/mol. The van der Waals surface area contributed by atoms with Crippen LogP contribution in [0, 0.1) is 6.92 Å². The van der Waals surface area contributed by atoms with Crippen LogP contribution in [0.4, 0.5) is 5.69 Å². The molecule has 0 saturated heterocycles. The molecule has 20 heavy (non-hydrogen) atoms. The molecule has 3 nitrogen and oxygen atoms in total. The SMILES string of the molecule is COC(=O)C(Nc1ccc(Cl)cc1)c1cc(Br)c(C)s1. The fourth-order valence-electron chi connectivity index (χ4n) is 1.70. The Bertz CT molecular complexity index is 593. The molecule has 6 heteroatoms. The molecule has 0 amide bonds. The molecule has 0 saturated carbocycles. The second-order valence-electron chi connectivity index (χ2n) is 4.16. The predicted octanol–water partition coefficient (Wildman–Crippen LogP) is 4.80. The highest BCUT2D eigenvalue weighted by molar-refractivity contribution is 9.10. The number of esters is 1. The van der Waals surface area contributed by atoms with Crippen molar-refractivity contribution < 1.29 is 9.53 Å². The fraction of sp³-hybridized carbons (Fsp3) is 0.214. The van der Waals surface area contributed by atoms with E-state index in [0.29, 0.717) is 5.02 Å². The zero-order chi connectivity index (χ0) is 14.7. The number of benzene rings is 1. The van der Waals surface area contributed by atoms with Gasteiger partial charge in [0.1, 0.15) is 0 Å². The number of aryl methyl sites for hydroxylation is 1. The lowest BCUT2D eigenvalue weighted by molar-refractivity contribution is -0.141. The molecule has 106 valence electrons. The summed E-state index contributed by atoms with van der Waals surface area (Å²) in [5.74, 6) is -0.325. The van der Waals surface area contributed by atoms with Crippen LogP contribution in [-0.2, 0) is 9.53 Å². The Morgan fingerprint density at radius 2 is 2.05 bits per heavy atom. The summed E-state index contributed by atoms with van der Waals surface area (Å²) in [7, 11) is 1.38. The number of methoxy groups -OCH3 is 1. The number of thiophene rings is 1. The molecule has 1 aromatic carbocycles. The van der Waals surface area contributed by atoms with Gasteiger partial charge in [0.2, 0.25) is 0 Å². The van der Waals surface area contributed by atoms with E-state index >= 15 is 0 Å². The van der Waals surface area contributed by atoms with Gasteiger partial charge >= 0.3 is 5.97 Å². The lowest BCUT2D eigenvalue weighted by Gasteiger charge is -2.16. The number of ether oxygens (including phenoxy) is 1. The van der Waals surface area contributed by atoms with Crippen LogP contribution in [0.2, 0.25) is 5.02 Å². The summed E-state index contributed by atoms with van der Waals surface area (Å²) in [5.41, 5.74) is 0.812. The maximum Gasteiger partial charge on any atom is 0.333 e. The first-order valence-corrected chi connectivity index (χ1v) is 7.85. The summed E-state index contributed by atoms with van der Waals surface area (Å²) >= 11 is 10.9. The molecule has 1 atom stereocenters. The lowest BCUT2D eigenvalue weighted by atomic mass is 10.2. The Labute approximate surface area is 135 Å². The van der Waals surface area contributed by atoms with E-state index in [1.54, 1.807) is 23.5 Å². The molecule has 0 aliphatic carbocycles. The van der Waals surface area contributed by atoms with Crippen molar-refractivity contribution >= 4 is 50.5 Å². The summed E-state index contributed by atoms with van der Waals surface area (Å²) in [6, 6.07) is 8.60. The maximum atomic E-state index is 12.0. The van der Waals surface area contributed by atoms with E-state index in [1.807, 2.05) is 25.1 Å². The lowest BCUT2D eigenvalue weighted by Crippen LogP contribution is -2.21. The minimum atomic E-state index is -0.531. The molecule has 1 aromatic heterocycles. The van der Waals surface area contributed by atoms with Crippen LogP contribution in [0.25, 0.3) is 0 Å². The smallest absolute Gasteiger partial charge is 0.333 e. The van der Waals surface area contributed by atoms with Crippen LogP contribution < -0.4 is 5.32 Å². The summed E-state index contributed by atoms with van der Waals surface area (Å²) in [6.07, 6.45) is 0. The predicted molar refractivity (Wildman–Crippen MR) is 86.6 cm³/mol. The topological polar surface area (TPSA) is 38.3 Å². The van der Waals surface area contributed by atoms with Crippen LogP contribution in [0.1, 0.15) is 15.8 Å². The van der Waals surface area contributed by atoms with Crippen LogP contribution in [0.3, 0.4) is 0 Å². The van der Waals surface area contributed by atoms with Gasteiger partial charge in [-0.15, -0.1) is 11.3 Å². The van der Waals surface area contributed by atoms with Crippen molar-refractivity contribution in [2.75, 3.05) is 12.4 Å². The molecule has 0 fully saturated rings. The van der Waals surface area contributed by atoms with E-state index in [-0.39, 0.29) is 5.97 Å². The highest BCUT2D eigenvalue weighted by Crippen LogP contribution is 2.33. The zero-order valence-corrected chi connectivity index (χ0v) is 14.1. The van der Waals surface area contributed by atoms with E-state index in [0.717, 1.165) is 19.9 Å². The van der Waals surface area contributed by atoms with Crippen LogP contribution >= 0.6 is 38.9 Å². The van der Waals surface area contributed by atoms with E-state index in [1.165, 1.54) is 7.11 Å². The number of halogens is 2. The Morgan fingerprint density at radius 1 is 1.40 bits per heavy atom. The van der Waals surface area contributed by atoms with Crippen molar-refractivity contribution in [3.63, 3.8) is 0 Å². The van der Waals surface area contributed by atoms with Gasteiger partial charge < -0.3 is 10.1 Å². The molecule has 1 unspecified atom stereocenters. The second-order valence-corrected chi connectivity index (χ2v) is 6.74. The van der Waals surface area contributed by atoms with Crippen molar-refractivity contribution in [2.45, 2.75) is 13.0 Å². The average Bonchev–Trinajstić information content (AvgIpc) is 2.77. The van der Waals surface area contributed by atoms with Gasteiger partial charge in [0, 0.05) is 24.9 Å². The molecule has 2 aromatic rings. The van der Waals surface area contributed by atoms with Crippen molar-refractivity contribution in [1.29, 1.82) is 0 Å². The summed E-state index contributed by atoms with van der Waals surface area (Å²) in [6.45, 7) is 1.99. The van der Waals surface area contributed by atoms with Gasteiger partial charge in [-0.3, -0.25) is 0 Å². The number of anilines is 1. The third-order valence-electron chi connectivity index (χ3n) is 2.75. The maximum absolute atomic E-state index is 12.0. The van der Waals surface area contributed by atoms with Crippen LogP contribution in [-0.4, -0.2) is 13.1 Å². The first-order chi connectivity index (χ1) is 9.51. The van der Waals surface area contributed by atoms with E-state index in [4.69, 9.17) is 16.3 Å². The number of hydrogen-bond acceptors (Lipinski definition) is 4. The molecule has 0 spiro atoms. The van der Waals surface area contributed by atoms with E-state index < -0.39 is 6.04 Å². The summed E-state index contributed by atoms with van der Waals surface area (Å²) < 4.78 is 5.87. The Balaban J connectivity index is 2.28. The molecule has 1 heterocycles. The number of carbonyl (C=O) groups is 1. The number of carbonyl (C=O) groups excluding carboxylic acids is 1. The minimum Gasteiger partial charge on any atom is -0.467 e. The first-order valence-electron chi connectivity index (χ1n) is 5.87. The molecule has 2 rings (SSSR count). The summed E-state index contributed by atoms with van der Waals surface area (Å²) in [5, 5.41) is 3.82. The van der Waals surface area contributed by atoms with Crippen molar-refractivity contribution in [3.05, 3.63) is 49.6 Å². The highest BCUT2D eigenvalue weighted by Gasteiger charge is 2.24. The quantitative estimate of drug-likeness (QED) is 0.781. The van der Waals surface area contributed by atoms with E-state index in [9.17, 15) is 4.79 Å². The highest BCUT2D eigenvalue weighted by atomic mass is 79.9. The molecule has 0 radical (unpaired) electrons. The van der Waals surface area contributed by atoms with Crippen molar-refractivity contribution in [1.82, 2.24) is 0 Å². The van der Waals surface area contributed by atoms with Crippen molar-refractivity contribution in [3.8, 4) is 0 Å². The van der Waals surface area contributed by atoms with Crippen LogP contribution in [0.5, 0.6) is 0 Å². The van der Waals surface area contributed by atoms with Gasteiger partial charge in [-0.2, -0.15) is 0 Å². The molecular formula is C14H13BrClNO2S. The Kier molecular flexibility index (Phi) is 5.07. The Hall–Kier alpha value is -1.04. The molecule has 0 aliphatic rings. The largest absolute Gasteiger partial charge is 0.467 e. The summed E-state index contributed by atoms with van der Waals surface area (Å²) in [4.78, 5) is 14.0. The molecule has 1 N–H and O–H groups in total. The second kappa shape index (κ2) is 6.61. The normalized spacial score (nSPS) is 12.0. The number of nitrogens with one attached hydrogen (secondary N) is 1. The third kappa shape index (κ3) is 3.53. The first kappa shape index (κ1) is 15.4. The van der Waals surface area contributed by atoms with Gasteiger partial charge in [-0.05, 0) is 53.2 Å². The van der Waals surface area contributed by atoms with Gasteiger partial charge in [-0.25, -0.2) is 4.79 Å². The van der Waals surface area contributed by atoms with Crippen molar-refractivity contribution in [2.24, 2.45) is 0 Å².